The van der Waals surface area contributed by atoms with Crippen LogP contribution in [-0.2, 0) is 4.74 Å². The third-order valence-electron chi connectivity index (χ3n) is 3.96. The Balaban J connectivity index is 2.00. The minimum Gasteiger partial charge on any atom is -0.387 e. The average Bonchev–Trinajstić information content (AvgIpc) is 2.86. The minimum atomic E-state index is -0.429. The van der Waals surface area contributed by atoms with Crippen molar-refractivity contribution in [3.05, 3.63) is 35.4 Å². The predicted molar refractivity (Wildman–Crippen MR) is 72.6 cm³/mol. The molecule has 100 valence electrons. The molecule has 0 spiro atoms. The average molecular weight is 249 g/mol. The van der Waals surface area contributed by atoms with Crippen molar-refractivity contribution in [1.82, 2.24) is 4.90 Å². The van der Waals surface area contributed by atoms with Crippen LogP contribution < -0.4 is 0 Å². The predicted octanol–water partition coefficient (Wildman–Crippen LogP) is 2.14. The van der Waals surface area contributed by atoms with Gasteiger partial charge in [0.15, 0.2) is 0 Å². The van der Waals surface area contributed by atoms with Gasteiger partial charge in [-0.2, -0.15) is 0 Å². The Hall–Kier alpha value is -0.900. The maximum absolute atomic E-state index is 10.4. The zero-order valence-electron chi connectivity index (χ0n) is 11.5. The second-order valence-corrected chi connectivity index (χ2v) is 5.24. The first-order chi connectivity index (χ1) is 8.61. The van der Waals surface area contributed by atoms with Gasteiger partial charge < -0.3 is 9.84 Å². The van der Waals surface area contributed by atoms with Gasteiger partial charge >= 0.3 is 0 Å². The minimum absolute atomic E-state index is 0.132. The van der Waals surface area contributed by atoms with Gasteiger partial charge in [0.1, 0.15) is 0 Å². The first-order valence-electron chi connectivity index (χ1n) is 6.63. The van der Waals surface area contributed by atoms with Crippen LogP contribution in [0, 0.1) is 6.92 Å². The van der Waals surface area contributed by atoms with Crippen LogP contribution in [0.1, 0.15) is 30.6 Å². The number of aliphatic hydroxyl groups excluding tert-OH is 1. The molecule has 3 atom stereocenters. The van der Waals surface area contributed by atoms with Gasteiger partial charge in [0.05, 0.1) is 12.2 Å². The number of hydrogen-bond donors (Lipinski definition) is 1. The van der Waals surface area contributed by atoms with Crippen molar-refractivity contribution in [2.45, 2.75) is 38.5 Å². The van der Waals surface area contributed by atoms with Crippen molar-refractivity contribution >= 4 is 0 Å². The van der Waals surface area contributed by atoms with Gasteiger partial charge in [0.2, 0.25) is 0 Å². The summed E-state index contributed by atoms with van der Waals surface area (Å²) in [5.41, 5.74) is 2.22. The molecule has 1 saturated heterocycles. The topological polar surface area (TPSA) is 32.7 Å². The number of aryl methyl sites for hydroxylation is 1. The highest BCUT2D eigenvalue weighted by Gasteiger charge is 2.30. The van der Waals surface area contributed by atoms with Crippen LogP contribution in [-0.4, -0.2) is 42.4 Å². The molecule has 3 heteroatoms. The van der Waals surface area contributed by atoms with E-state index in [9.17, 15) is 5.11 Å². The Morgan fingerprint density at radius 1 is 1.33 bits per heavy atom. The summed E-state index contributed by atoms with van der Waals surface area (Å²) >= 11 is 0. The number of ether oxygens (including phenoxy) is 1. The van der Waals surface area contributed by atoms with Crippen LogP contribution in [0.3, 0.4) is 0 Å². The van der Waals surface area contributed by atoms with Gasteiger partial charge in [-0.25, -0.2) is 0 Å². The first kappa shape index (κ1) is 13.5. The number of aliphatic hydroxyl groups is 1. The van der Waals surface area contributed by atoms with E-state index in [1.165, 1.54) is 5.56 Å². The van der Waals surface area contributed by atoms with E-state index in [1.807, 2.05) is 24.3 Å². The quantitative estimate of drug-likeness (QED) is 0.887. The van der Waals surface area contributed by atoms with Crippen molar-refractivity contribution in [1.29, 1.82) is 0 Å². The fourth-order valence-electron chi connectivity index (χ4n) is 2.56. The summed E-state index contributed by atoms with van der Waals surface area (Å²) in [6, 6.07) is 8.26. The lowest BCUT2D eigenvalue weighted by molar-refractivity contribution is 0.0539. The highest BCUT2D eigenvalue weighted by Crippen LogP contribution is 2.25. The summed E-state index contributed by atoms with van der Waals surface area (Å²) in [4.78, 5) is 2.30. The molecule has 1 aromatic carbocycles. The molecule has 3 unspecified atom stereocenters. The van der Waals surface area contributed by atoms with Gasteiger partial charge in [0.25, 0.3) is 0 Å². The van der Waals surface area contributed by atoms with E-state index in [4.69, 9.17) is 4.74 Å². The molecule has 0 saturated carbocycles. The molecule has 1 aromatic rings. The fourth-order valence-corrected chi connectivity index (χ4v) is 2.56. The lowest BCUT2D eigenvalue weighted by atomic mass is 10.0. The molecule has 0 aromatic heterocycles. The monoisotopic (exact) mass is 249 g/mol. The van der Waals surface area contributed by atoms with Gasteiger partial charge in [-0.1, -0.05) is 29.8 Å². The molecular weight excluding hydrogens is 226 g/mol. The Morgan fingerprint density at radius 3 is 2.56 bits per heavy atom. The van der Waals surface area contributed by atoms with E-state index in [-0.39, 0.29) is 6.04 Å². The van der Waals surface area contributed by atoms with E-state index < -0.39 is 6.10 Å². The maximum atomic E-state index is 10.4. The van der Waals surface area contributed by atoms with Crippen LogP contribution in [0.15, 0.2) is 24.3 Å². The van der Waals surface area contributed by atoms with Gasteiger partial charge in [-0.15, -0.1) is 0 Å². The summed E-state index contributed by atoms with van der Waals surface area (Å²) in [7, 11) is 1.76. The number of likely N-dealkylation sites (tertiary alicyclic amines) is 1. The second-order valence-electron chi connectivity index (χ2n) is 5.24. The molecule has 1 aliphatic rings. The number of rotatable bonds is 4. The summed E-state index contributed by atoms with van der Waals surface area (Å²) in [6.45, 7) is 6.06. The van der Waals surface area contributed by atoms with Crippen LogP contribution in [0.25, 0.3) is 0 Å². The summed E-state index contributed by atoms with van der Waals surface area (Å²) in [5.74, 6) is 0. The van der Waals surface area contributed by atoms with Gasteiger partial charge in [-0.05, 0) is 25.8 Å². The number of benzene rings is 1. The smallest absolute Gasteiger partial charge is 0.0942 e. The summed E-state index contributed by atoms with van der Waals surface area (Å²) < 4.78 is 5.37. The third-order valence-corrected chi connectivity index (χ3v) is 3.96. The van der Waals surface area contributed by atoms with Crippen LogP contribution in [0.5, 0.6) is 0 Å². The van der Waals surface area contributed by atoms with Crippen molar-refractivity contribution in [3.8, 4) is 0 Å². The zero-order valence-corrected chi connectivity index (χ0v) is 11.5. The van der Waals surface area contributed by atoms with Crippen LogP contribution >= 0.6 is 0 Å². The van der Waals surface area contributed by atoms with Gasteiger partial charge in [0, 0.05) is 26.2 Å². The fraction of sp³-hybridized carbons (Fsp3) is 0.600. The van der Waals surface area contributed by atoms with Crippen molar-refractivity contribution < 1.29 is 9.84 Å². The number of hydrogen-bond acceptors (Lipinski definition) is 3. The Labute approximate surface area is 109 Å². The lowest BCUT2D eigenvalue weighted by Crippen LogP contribution is -2.36. The van der Waals surface area contributed by atoms with E-state index in [0.29, 0.717) is 6.10 Å². The Bertz CT molecular complexity index is 377. The van der Waals surface area contributed by atoms with E-state index in [1.54, 1.807) is 7.11 Å². The molecule has 1 fully saturated rings. The van der Waals surface area contributed by atoms with E-state index in [2.05, 4.69) is 18.7 Å². The van der Waals surface area contributed by atoms with E-state index in [0.717, 1.165) is 25.1 Å². The molecule has 3 nitrogen and oxygen atoms in total. The second kappa shape index (κ2) is 5.83. The van der Waals surface area contributed by atoms with Crippen LogP contribution in [0.4, 0.5) is 0 Å². The molecule has 1 aliphatic heterocycles. The maximum Gasteiger partial charge on any atom is 0.0942 e. The molecule has 1 N–H and O–H groups in total. The summed E-state index contributed by atoms with van der Waals surface area (Å²) in [5, 5.41) is 10.4. The Kier molecular flexibility index (Phi) is 4.38. The SMILES string of the molecule is COC1CCN(C(C)C(O)c2ccc(C)cc2)C1. The van der Waals surface area contributed by atoms with Gasteiger partial charge in [-0.3, -0.25) is 4.90 Å². The van der Waals surface area contributed by atoms with Crippen molar-refractivity contribution in [3.63, 3.8) is 0 Å². The Morgan fingerprint density at radius 2 is 2.00 bits per heavy atom. The van der Waals surface area contributed by atoms with E-state index >= 15 is 0 Å². The standard InChI is InChI=1S/C15H23NO2/c1-11-4-6-13(7-5-11)15(17)12(2)16-9-8-14(10-16)18-3/h4-7,12,14-15,17H,8-10H2,1-3H3. The molecule has 18 heavy (non-hydrogen) atoms. The molecule has 0 aliphatic carbocycles. The molecule has 0 radical (unpaired) electrons. The van der Waals surface area contributed by atoms with Crippen molar-refractivity contribution in [2.75, 3.05) is 20.2 Å². The lowest BCUT2D eigenvalue weighted by Gasteiger charge is -2.28. The molecule has 1 heterocycles. The highest BCUT2D eigenvalue weighted by atomic mass is 16.5. The molecule has 0 amide bonds. The van der Waals surface area contributed by atoms with Crippen LogP contribution in [0.2, 0.25) is 0 Å². The van der Waals surface area contributed by atoms with Crippen molar-refractivity contribution in [2.24, 2.45) is 0 Å². The third kappa shape index (κ3) is 2.91. The molecule has 2 rings (SSSR count). The highest BCUT2D eigenvalue weighted by molar-refractivity contribution is 5.24. The first-order valence-corrected chi connectivity index (χ1v) is 6.63. The number of methoxy groups -OCH3 is 1. The molecular formula is C15H23NO2. The number of nitrogens with zero attached hydrogens (tertiary/aromatic N) is 1. The largest absolute Gasteiger partial charge is 0.387 e. The summed E-state index contributed by atoms with van der Waals surface area (Å²) in [6.07, 6.45) is 0.945. The normalized spacial score (nSPS) is 24.1. The molecule has 0 bridgehead atoms. The zero-order chi connectivity index (χ0) is 13.1.